The monoisotopic (exact) mass is 276 g/mol. The van der Waals surface area contributed by atoms with Gasteiger partial charge in [-0.3, -0.25) is 5.84 Å². The van der Waals surface area contributed by atoms with Crippen molar-refractivity contribution < 1.29 is 5.21 Å². The van der Waals surface area contributed by atoms with Crippen molar-refractivity contribution >= 4 is 22.9 Å². The van der Waals surface area contributed by atoms with E-state index in [0.29, 0.717) is 11.6 Å². The summed E-state index contributed by atoms with van der Waals surface area (Å²) in [5.41, 5.74) is 0.140. The highest BCUT2D eigenvalue weighted by atomic mass is 35.5. The molecule has 1 saturated heterocycles. The van der Waals surface area contributed by atoms with E-state index in [0.717, 1.165) is 36.0 Å². The summed E-state index contributed by atoms with van der Waals surface area (Å²) in [4.78, 5) is 4.51. The molecule has 2 heterocycles. The lowest BCUT2D eigenvalue weighted by Gasteiger charge is -2.27. The molecule has 0 saturated carbocycles. The zero-order valence-corrected chi connectivity index (χ0v) is 11.3. The van der Waals surface area contributed by atoms with Gasteiger partial charge in [0.15, 0.2) is 5.50 Å². The van der Waals surface area contributed by atoms with Gasteiger partial charge in [-0.15, -0.1) is 11.3 Å². The van der Waals surface area contributed by atoms with E-state index in [4.69, 9.17) is 17.4 Å². The molecule has 0 aromatic carbocycles. The van der Waals surface area contributed by atoms with Crippen LogP contribution in [-0.4, -0.2) is 40.4 Å². The highest BCUT2D eigenvalue weighted by Crippen LogP contribution is 2.32. The predicted molar refractivity (Wildman–Crippen MR) is 68.0 cm³/mol. The fourth-order valence-electron chi connectivity index (χ4n) is 1.94. The van der Waals surface area contributed by atoms with Gasteiger partial charge in [-0.2, -0.15) is 5.06 Å². The third-order valence-corrected chi connectivity index (χ3v) is 4.52. The van der Waals surface area contributed by atoms with E-state index in [1.165, 1.54) is 7.05 Å². The van der Waals surface area contributed by atoms with Gasteiger partial charge in [0, 0.05) is 31.4 Å². The van der Waals surface area contributed by atoms with Crippen molar-refractivity contribution in [3.63, 3.8) is 0 Å². The Kier molecular flexibility index (Phi) is 4.35. The second-order valence-electron chi connectivity index (χ2n) is 4.33. The number of alkyl halides is 1. The number of hydrogen-bond acceptors (Lipinski definition) is 6. The van der Waals surface area contributed by atoms with Crippen molar-refractivity contribution in [1.29, 1.82) is 0 Å². The number of hydrogen-bond donors (Lipinski definition) is 2. The van der Waals surface area contributed by atoms with Crippen molar-refractivity contribution in [1.82, 2.24) is 15.1 Å². The van der Waals surface area contributed by atoms with Crippen LogP contribution in [-0.2, 0) is 0 Å². The maximum Gasteiger partial charge on any atom is 0.151 e. The first-order valence-corrected chi connectivity index (χ1v) is 6.90. The summed E-state index contributed by atoms with van der Waals surface area (Å²) in [7, 11) is 1.52. The SMILES string of the molecule is CN(O)C(Cl)c1csc(C2CCN(N)CC2)n1. The Morgan fingerprint density at radius 1 is 1.65 bits per heavy atom. The van der Waals surface area contributed by atoms with E-state index in [1.54, 1.807) is 11.3 Å². The maximum atomic E-state index is 9.27. The minimum absolute atomic E-state index is 0.474. The molecule has 17 heavy (non-hydrogen) atoms. The van der Waals surface area contributed by atoms with Crippen molar-refractivity contribution in [2.45, 2.75) is 24.3 Å². The number of thiazole rings is 1. The number of aromatic nitrogens is 1. The Hall–Kier alpha value is -0.240. The smallest absolute Gasteiger partial charge is 0.151 e. The second kappa shape index (κ2) is 5.60. The minimum Gasteiger partial charge on any atom is -0.312 e. The Morgan fingerprint density at radius 3 is 2.88 bits per heavy atom. The molecular weight excluding hydrogens is 260 g/mol. The van der Waals surface area contributed by atoms with Crippen LogP contribution in [0.2, 0.25) is 0 Å². The normalized spacial score (nSPS) is 21.0. The highest BCUT2D eigenvalue weighted by molar-refractivity contribution is 7.09. The molecule has 96 valence electrons. The Balaban J connectivity index is 2.03. The fourth-order valence-corrected chi connectivity index (χ4v) is 3.13. The number of nitrogens with two attached hydrogens (primary N) is 1. The number of halogens is 1. The average molecular weight is 277 g/mol. The van der Waals surface area contributed by atoms with Gasteiger partial charge in [-0.1, -0.05) is 11.6 Å². The fraction of sp³-hybridized carbons (Fsp3) is 0.700. The second-order valence-corrected chi connectivity index (χ2v) is 5.63. The molecule has 0 aliphatic carbocycles. The molecule has 7 heteroatoms. The van der Waals surface area contributed by atoms with Crippen molar-refractivity contribution in [3.8, 4) is 0 Å². The molecule has 5 nitrogen and oxygen atoms in total. The van der Waals surface area contributed by atoms with Crippen LogP contribution in [0.3, 0.4) is 0 Å². The number of hydrazine groups is 1. The van der Waals surface area contributed by atoms with Gasteiger partial charge in [0.25, 0.3) is 0 Å². The van der Waals surface area contributed by atoms with E-state index >= 15 is 0 Å². The lowest BCUT2D eigenvalue weighted by Crippen LogP contribution is -2.38. The third-order valence-electron chi connectivity index (χ3n) is 2.99. The van der Waals surface area contributed by atoms with Crippen LogP contribution in [0.25, 0.3) is 0 Å². The summed E-state index contributed by atoms with van der Waals surface area (Å²) < 4.78 is 0. The van der Waals surface area contributed by atoms with E-state index < -0.39 is 5.50 Å². The molecule has 0 bridgehead atoms. The summed E-state index contributed by atoms with van der Waals surface area (Å²) in [5, 5.41) is 15.1. The summed E-state index contributed by atoms with van der Waals surface area (Å²) in [6, 6.07) is 0. The predicted octanol–water partition coefficient (Wildman–Crippen LogP) is 1.75. The largest absolute Gasteiger partial charge is 0.312 e. The molecule has 0 radical (unpaired) electrons. The first kappa shape index (κ1) is 13.2. The molecule has 0 spiro atoms. The van der Waals surface area contributed by atoms with Crippen LogP contribution >= 0.6 is 22.9 Å². The van der Waals surface area contributed by atoms with E-state index in [2.05, 4.69) is 4.98 Å². The van der Waals surface area contributed by atoms with Gasteiger partial charge in [-0.25, -0.2) is 9.99 Å². The molecule has 1 unspecified atom stereocenters. The lowest BCUT2D eigenvalue weighted by molar-refractivity contribution is -0.0799. The molecule has 1 aromatic heterocycles. The third kappa shape index (κ3) is 3.15. The van der Waals surface area contributed by atoms with Crippen LogP contribution in [0.15, 0.2) is 5.38 Å². The summed E-state index contributed by atoms with van der Waals surface area (Å²) in [6.07, 6.45) is 2.07. The molecule has 0 amide bonds. The molecule has 1 atom stereocenters. The lowest BCUT2D eigenvalue weighted by atomic mass is 9.99. The van der Waals surface area contributed by atoms with E-state index in [9.17, 15) is 5.21 Å². The average Bonchev–Trinajstić information content (AvgIpc) is 2.78. The van der Waals surface area contributed by atoms with Gasteiger partial charge in [0.2, 0.25) is 0 Å². The minimum atomic E-state index is -0.574. The zero-order chi connectivity index (χ0) is 12.4. The summed E-state index contributed by atoms with van der Waals surface area (Å²) >= 11 is 7.62. The Morgan fingerprint density at radius 2 is 2.29 bits per heavy atom. The molecule has 3 N–H and O–H groups in total. The van der Waals surface area contributed by atoms with Gasteiger partial charge in [0.1, 0.15) is 0 Å². The first-order chi connectivity index (χ1) is 8.08. The maximum absolute atomic E-state index is 9.27. The zero-order valence-electron chi connectivity index (χ0n) is 9.71. The van der Waals surface area contributed by atoms with E-state index in [-0.39, 0.29) is 0 Å². The van der Waals surface area contributed by atoms with Crippen LogP contribution in [0.1, 0.15) is 35.0 Å². The topological polar surface area (TPSA) is 65.6 Å². The highest BCUT2D eigenvalue weighted by Gasteiger charge is 2.23. The Bertz CT molecular complexity index is 365. The first-order valence-electron chi connectivity index (χ1n) is 5.58. The van der Waals surface area contributed by atoms with Crippen LogP contribution < -0.4 is 5.84 Å². The molecule has 1 aromatic rings. The van der Waals surface area contributed by atoms with Crippen LogP contribution in [0, 0.1) is 0 Å². The van der Waals surface area contributed by atoms with Crippen molar-refractivity contribution in [3.05, 3.63) is 16.1 Å². The van der Waals surface area contributed by atoms with Crippen molar-refractivity contribution in [2.24, 2.45) is 5.84 Å². The summed E-state index contributed by atoms with van der Waals surface area (Å²) in [6.45, 7) is 1.81. The standard InChI is InChI=1S/C10H17ClN4OS/c1-14(16)9(11)8-6-17-10(13-8)7-2-4-15(12)5-3-7/h6-7,9,16H,2-5,12H2,1H3. The summed E-state index contributed by atoms with van der Waals surface area (Å²) in [5.74, 6) is 6.20. The molecule has 2 rings (SSSR count). The van der Waals surface area contributed by atoms with Crippen LogP contribution in [0.4, 0.5) is 0 Å². The van der Waals surface area contributed by atoms with Crippen molar-refractivity contribution in [2.75, 3.05) is 20.1 Å². The van der Waals surface area contributed by atoms with Gasteiger partial charge in [-0.05, 0) is 12.8 Å². The van der Waals surface area contributed by atoms with E-state index in [1.807, 2.05) is 10.4 Å². The van der Waals surface area contributed by atoms with Crippen LogP contribution in [0.5, 0.6) is 0 Å². The Labute approximate surface area is 110 Å². The quantitative estimate of drug-likeness (QED) is 0.381. The van der Waals surface area contributed by atoms with Gasteiger partial charge in [0.05, 0.1) is 10.7 Å². The number of hydroxylamine groups is 2. The van der Waals surface area contributed by atoms with Gasteiger partial charge < -0.3 is 5.21 Å². The molecule has 1 aliphatic heterocycles. The molecular formula is C10H17ClN4OS. The van der Waals surface area contributed by atoms with Gasteiger partial charge >= 0.3 is 0 Å². The number of nitrogens with zero attached hydrogens (tertiary/aromatic N) is 3. The number of piperidine rings is 1. The number of rotatable bonds is 3. The molecule has 1 fully saturated rings. The molecule has 1 aliphatic rings.